The van der Waals surface area contributed by atoms with Gasteiger partial charge in [-0.3, -0.25) is 9.78 Å². The van der Waals surface area contributed by atoms with Crippen molar-refractivity contribution in [2.24, 2.45) is 0 Å². The maximum Gasteiger partial charge on any atom is 0.264 e. The fourth-order valence-electron chi connectivity index (χ4n) is 1.17. The van der Waals surface area contributed by atoms with Crippen molar-refractivity contribution in [3.63, 3.8) is 0 Å². The summed E-state index contributed by atoms with van der Waals surface area (Å²) in [4.78, 5) is 15.0. The van der Waals surface area contributed by atoms with E-state index in [1.807, 2.05) is 6.07 Å². The minimum atomic E-state index is -0.280. The highest BCUT2D eigenvalue weighted by molar-refractivity contribution is 5.71. The topological polar surface area (TPSA) is 84.7 Å². The summed E-state index contributed by atoms with van der Waals surface area (Å²) in [5.41, 5.74) is 6.71. The van der Waals surface area contributed by atoms with Crippen molar-refractivity contribution >= 4 is 5.82 Å². The van der Waals surface area contributed by atoms with E-state index in [4.69, 9.17) is 5.73 Å². The molecule has 5 nitrogen and oxygen atoms in total. The highest BCUT2D eigenvalue weighted by Gasteiger charge is 2.03. The Morgan fingerprint density at radius 1 is 1.43 bits per heavy atom. The normalized spacial score (nSPS) is 10.0. The predicted molar refractivity (Wildman–Crippen MR) is 52.5 cm³/mol. The molecule has 2 aromatic rings. The van der Waals surface area contributed by atoms with Crippen molar-refractivity contribution in [2.45, 2.75) is 0 Å². The summed E-state index contributed by atoms with van der Waals surface area (Å²) >= 11 is 0. The molecule has 2 aromatic heterocycles. The first-order valence-corrected chi connectivity index (χ1v) is 4.03. The minimum Gasteiger partial charge on any atom is -0.382 e. The summed E-state index contributed by atoms with van der Waals surface area (Å²) in [6.07, 6.45) is 3.28. The smallest absolute Gasteiger partial charge is 0.264 e. The van der Waals surface area contributed by atoms with Gasteiger partial charge in [-0.15, -0.1) is 0 Å². The number of nitrogens with one attached hydrogen (secondary N) is 1. The van der Waals surface area contributed by atoms with Crippen LogP contribution in [0.15, 0.2) is 35.4 Å². The SMILES string of the molecule is Nc1n[nH]c(=O)cc1-c1cccnc1. The minimum absolute atomic E-state index is 0.280. The number of nitrogen functional groups attached to an aromatic ring is 1. The second-order valence-electron chi connectivity index (χ2n) is 2.77. The third kappa shape index (κ3) is 1.47. The van der Waals surface area contributed by atoms with Crippen molar-refractivity contribution in [3.8, 4) is 11.1 Å². The third-order valence-electron chi connectivity index (χ3n) is 1.81. The lowest BCUT2D eigenvalue weighted by atomic mass is 10.1. The van der Waals surface area contributed by atoms with E-state index in [9.17, 15) is 4.79 Å². The quantitative estimate of drug-likeness (QED) is 0.679. The molecule has 0 saturated heterocycles. The highest BCUT2D eigenvalue weighted by Crippen LogP contribution is 2.19. The number of aromatic amines is 1. The van der Waals surface area contributed by atoms with Crippen LogP contribution in [0.3, 0.4) is 0 Å². The lowest BCUT2D eigenvalue weighted by Crippen LogP contribution is -2.09. The molecule has 0 radical (unpaired) electrons. The van der Waals surface area contributed by atoms with Crippen LogP contribution in [-0.4, -0.2) is 15.2 Å². The van der Waals surface area contributed by atoms with Crippen LogP contribution >= 0.6 is 0 Å². The van der Waals surface area contributed by atoms with Gasteiger partial charge in [-0.05, 0) is 6.07 Å². The molecule has 0 aliphatic rings. The van der Waals surface area contributed by atoms with Crippen molar-refractivity contribution in [1.29, 1.82) is 0 Å². The molecule has 70 valence electrons. The molecule has 5 heteroatoms. The van der Waals surface area contributed by atoms with E-state index < -0.39 is 0 Å². The number of hydrogen-bond donors (Lipinski definition) is 2. The monoisotopic (exact) mass is 188 g/mol. The Balaban J connectivity index is 2.62. The molecule has 0 fully saturated rings. The molecule has 0 aromatic carbocycles. The third-order valence-corrected chi connectivity index (χ3v) is 1.81. The van der Waals surface area contributed by atoms with E-state index in [0.717, 1.165) is 5.56 Å². The molecule has 0 unspecified atom stereocenters. The van der Waals surface area contributed by atoms with Crippen LogP contribution in [0.1, 0.15) is 0 Å². The number of nitrogens with zero attached hydrogens (tertiary/aromatic N) is 2. The van der Waals surface area contributed by atoms with Crippen LogP contribution in [0, 0.1) is 0 Å². The zero-order valence-corrected chi connectivity index (χ0v) is 7.27. The lowest BCUT2D eigenvalue weighted by Gasteiger charge is -2.01. The summed E-state index contributed by atoms with van der Waals surface area (Å²) in [6.45, 7) is 0. The first kappa shape index (κ1) is 8.43. The summed E-state index contributed by atoms with van der Waals surface area (Å²) in [5.74, 6) is 0.289. The maximum atomic E-state index is 11.0. The van der Waals surface area contributed by atoms with Gasteiger partial charge in [0.05, 0.1) is 0 Å². The standard InChI is InChI=1S/C9H8N4O/c10-9-7(4-8(14)12-13-9)6-2-1-3-11-5-6/h1-5H,(H2,10,13)(H,12,14). The van der Waals surface area contributed by atoms with Gasteiger partial charge in [0.2, 0.25) is 0 Å². The zero-order valence-electron chi connectivity index (χ0n) is 7.27. The highest BCUT2D eigenvalue weighted by atomic mass is 16.1. The molecule has 0 aliphatic carbocycles. The number of anilines is 1. The molecule has 0 atom stereocenters. The number of nitrogens with two attached hydrogens (primary N) is 1. The van der Waals surface area contributed by atoms with Crippen molar-refractivity contribution in [1.82, 2.24) is 15.2 Å². The summed E-state index contributed by atoms with van der Waals surface area (Å²) in [7, 11) is 0. The summed E-state index contributed by atoms with van der Waals surface area (Å²) in [5, 5.41) is 5.93. The van der Waals surface area contributed by atoms with Crippen molar-refractivity contribution in [2.75, 3.05) is 5.73 Å². The van der Waals surface area contributed by atoms with Crippen LogP contribution in [0.5, 0.6) is 0 Å². The van der Waals surface area contributed by atoms with E-state index in [-0.39, 0.29) is 11.4 Å². The van der Waals surface area contributed by atoms with E-state index >= 15 is 0 Å². The van der Waals surface area contributed by atoms with Crippen LogP contribution in [0.2, 0.25) is 0 Å². The first-order chi connectivity index (χ1) is 6.77. The van der Waals surface area contributed by atoms with E-state index in [1.165, 1.54) is 6.07 Å². The average molecular weight is 188 g/mol. The van der Waals surface area contributed by atoms with E-state index in [2.05, 4.69) is 15.2 Å². The molecule has 0 amide bonds. The number of aromatic nitrogens is 3. The molecule has 0 bridgehead atoms. The summed E-state index contributed by atoms with van der Waals surface area (Å²) in [6, 6.07) is 5.00. The molecule has 0 spiro atoms. The van der Waals surface area contributed by atoms with E-state index in [0.29, 0.717) is 5.56 Å². The predicted octanol–water partition coefficient (Wildman–Crippen LogP) is 0.414. The summed E-state index contributed by atoms with van der Waals surface area (Å²) < 4.78 is 0. The molecular weight excluding hydrogens is 180 g/mol. The zero-order chi connectivity index (χ0) is 9.97. The van der Waals surface area contributed by atoms with Gasteiger partial charge in [0, 0.05) is 29.6 Å². The van der Waals surface area contributed by atoms with Crippen molar-refractivity contribution < 1.29 is 0 Å². The van der Waals surface area contributed by atoms with Gasteiger partial charge >= 0.3 is 0 Å². The number of hydrogen-bond acceptors (Lipinski definition) is 4. The average Bonchev–Trinajstić information content (AvgIpc) is 2.23. The molecule has 0 aliphatic heterocycles. The Kier molecular flexibility index (Phi) is 1.98. The van der Waals surface area contributed by atoms with Crippen LogP contribution in [-0.2, 0) is 0 Å². The Morgan fingerprint density at radius 3 is 3.00 bits per heavy atom. The Hall–Kier alpha value is -2.17. The van der Waals surface area contributed by atoms with Crippen LogP contribution in [0.4, 0.5) is 5.82 Å². The number of pyridine rings is 1. The van der Waals surface area contributed by atoms with Gasteiger partial charge < -0.3 is 5.73 Å². The first-order valence-electron chi connectivity index (χ1n) is 4.03. The lowest BCUT2D eigenvalue weighted by molar-refractivity contribution is 1.00. The second kappa shape index (κ2) is 3.29. The second-order valence-corrected chi connectivity index (χ2v) is 2.77. The molecule has 2 heterocycles. The van der Waals surface area contributed by atoms with Gasteiger partial charge in [-0.25, -0.2) is 5.10 Å². The Morgan fingerprint density at radius 2 is 2.29 bits per heavy atom. The largest absolute Gasteiger partial charge is 0.382 e. The molecule has 2 rings (SSSR count). The fourth-order valence-corrected chi connectivity index (χ4v) is 1.17. The molecule has 14 heavy (non-hydrogen) atoms. The molecule has 3 N–H and O–H groups in total. The van der Waals surface area contributed by atoms with Crippen LogP contribution < -0.4 is 11.3 Å². The molecule has 0 saturated carbocycles. The number of rotatable bonds is 1. The Bertz CT molecular complexity index is 492. The molecular formula is C9H8N4O. The van der Waals surface area contributed by atoms with Gasteiger partial charge in [0.1, 0.15) is 0 Å². The fraction of sp³-hybridized carbons (Fsp3) is 0. The van der Waals surface area contributed by atoms with Gasteiger partial charge in [0.15, 0.2) is 5.82 Å². The van der Waals surface area contributed by atoms with Crippen LogP contribution in [0.25, 0.3) is 11.1 Å². The van der Waals surface area contributed by atoms with Crippen molar-refractivity contribution in [3.05, 3.63) is 40.9 Å². The van der Waals surface area contributed by atoms with E-state index in [1.54, 1.807) is 18.5 Å². The Labute approximate surface area is 79.6 Å². The number of H-pyrrole nitrogens is 1. The van der Waals surface area contributed by atoms with Gasteiger partial charge in [0.25, 0.3) is 5.56 Å². The van der Waals surface area contributed by atoms with Gasteiger partial charge in [-0.1, -0.05) is 6.07 Å². The van der Waals surface area contributed by atoms with Gasteiger partial charge in [-0.2, -0.15) is 5.10 Å². The maximum absolute atomic E-state index is 11.0.